The predicted octanol–water partition coefficient (Wildman–Crippen LogP) is 1.94. The summed E-state index contributed by atoms with van der Waals surface area (Å²) >= 11 is 5.57. The molecule has 0 spiro atoms. The number of ether oxygens (including phenoxy) is 1. The quantitative estimate of drug-likeness (QED) is 0.576. The molecule has 6 heteroatoms. The lowest BCUT2D eigenvalue weighted by molar-refractivity contribution is 0.0728. The molecule has 0 aromatic carbocycles. The molecule has 2 rings (SSSR count). The number of pyridine rings is 1. The number of esters is 1. The van der Waals surface area contributed by atoms with Gasteiger partial charge in [0.15, 0.2) is 12.1 Å². The van der Waals surface area contributed by atoms with Crippen molar-refractivity contribution in [2.45, 2.75) is 0 Å². The summed E-state index contributed by atoms with van der Waals surface area (Å²) in [4.78, 5) is 18.8. The Morgan fingerprint density at radius 2 is 2.27 bits per heavy atom. The fourth-order valence-corrected chi connectivity index (χ4v) is 1.01. The zero-order chi connectivity index (χ0) is 10.7. The van der Waals surface area contributed by atoms with Gasteiger partial charge in [-0.15, -0.1) is 0 Å². The maximum atomic E-state index is 11.4. The van der Waals surface area contributed by atoms with Gasteiger partial charge in [-0.1, -0.05) is 11.6 Å². The molecule has 76 valence electrons. The molecule has 0 bridgehead atoms. The SMILES string of the molecule is O=C(Oc1ccc(Cl)nc1)c1cocn1. The van der Waals surface area contributed by atoms with E-state index >= 15 is 0 Å². The zero-order valence-electron chi connectivity index (χ0n) is 7.38. The number of aromatic nitrogens is 2. The number of carbonyl (C=O) groups excluding carboxylic acids is 1. The number of rotatable bonds is 2. The van der Waals surface area contributed by atoms with Gasteiger partial charge in [-0.3, -0.25) is 0 Å². The van der Waals surface area contributed by atoms with Crippen LogP contribution in [0.15, 0.2) is 35.4 Å². The summed E-state index contributed by atoms with van der Waals surface area (Å²) < 4.78 is 9.57. The van der Waals surface area contributed by atoms with Crippen molar-refractivity contribution in [3.8, 4) is 5.75 Å². The van der Waals surface area contributed by atoms with E-state index in [-0.39, 0.29) is 5.69 Å². The molecule has 15 heavy (non-hydrogen) atoms. The molecular formula is C9H5ClN2O3. The van der Waals surface area contributed by atoms with Gasteiger partial charge >= 0.3 is 5.97 Å². The van der Waals surface area contributed by atoms with Crippen LogP contribution in [0.25, 0.3) is 0 Å². The first-order valence-corrected chi connectivity index (χ1v) is 4.35. The normalized spacial score (nSPS) is 9.93. The van der Waals surface area contributed by atoms with Crippen LogP contribution in [0.3, 0.4) is 0 Å². The standard InChI is InChI=1S/C9H5ClN2O3/c10-8-2-1-6(3-11-8)15-9(13)7-4-14-5-12-7/h1-5H. The van der Waals surface area contributed by atoms with Gasteiger partial charge in [0.1, 0.15) is 17.2 Å². The van der Waals surface area contributed by atoms with E-state index in [0.717, 1.165) is 6.39 Å². The highest BCUT2D eigenvalue weighted by atomic mass is 35.5. The summed E-state index contributed by atoms with van der Waals surface area (Å²) in [5.74, 6) is -0.305. The van der Waals surface area contributed by atoms with Crippen LogP contribution in [0.4, 0.5) is 0 Å². The lowest BCUT2D eigenvalue weighted by Crippen LogP contribution is -2.08. The Balaban J connectivity index is 2.09. The average molecular weight is 225 g/mol. The Bertz CT molecular complexity index is 453. The van der Waals surface area contributed by atoms with E-state index < -0.39 is 5.97 Å². The molecule has 2 heterocycles. The van der Waals surface area contributed by atoms with E-state index in [1.54, 1.807) is 0 Å². The topological polar surface area (TPSA) is 65.2 Å². The van der Waals surface area contributed by atoms with E-state index in [4.69, 9.17) is 16.3 Å². The lowest BCUT2D eigenvalue weighted by atomic mass is 10.4. The number of hydrogen-bond donors (Lipinski definition) is 0. The van der Waals surface area contributed by atoms with Gasteiger partial charge in [-0.25, -0.2) is 14.8 Å². The number of nitrogens with zero attached hydrogens (tertiary/aromatic N) is 2. The molecule has 2 aromatic rings. The molecule has 0 aliphatic rings. The van der Waals surface area contributed by atoms with Gasteiger partial charge in [-0.2, -0.15) is 0 Å². The van der Waals surface area contributed by atoms with Crippen LogP contribution >= 0.6 is 11.6 Å². The highest BCUT2D eigenvalue weighted by Crippen LogP contribution is 2.13. The van der Waals surface area contributed by atoms with E-state index in [9.17, 15) is 4.79 Å². The van der Waals surface area contributed by atoms with Crippen molar-refractivity contribution in [3.05, 3.63) is 41.8 Å². The Morgan fingerprint density at radius 1 is 1.40 bits per heavy atom. The van der Waals surface area contributed by atoms with Crippen molar-refractivity contribution in [1.82, 2.24) is 9.97 Å². The Kier molecular flexibility index (Phi) is 2.64. The first-order chi connectivity index (χ1) is 7.25. The first-order valence-electron chi connectivity index (χ1n) is 3.97. The van der Waals surface area contributed by atoms with Crippen LogP contribution in [-0.2, 0) is 0 Å². The number of oxazole rings is 1. The van der Waals surface area contributed by atoms with Gasteiger partial charge in [0, 0.05) is 0 Å². The third-order valence-corrected chi connectivity index (χ3v) is 1.78. The molecule has 0 atom stereocenters. The van der Waals surface area contributed by atoms with Crippen LogP contribution in [0.5, 0.6) is 5.75 Å². The van der Waals surface area contributed by atoms with E-state index in [1.165, 1.54) is 24.6 Å². The van der Waals surface area contributed by atoms with Crippen molar-refractivity contribution in [1.29, 1.82) is 0 Å². The van der Waals surface area contributed by atoms with E-state index in [0.29, 0.717) is 10.9 Å². The van der Waals surface area contributed by atoms with Gasteiger partial charge in [0.25, 0.3) is 0 Å². The molecule has 0 N–H and O–H groups in total. The monoisotopic (exact) mass is 224 g/mol. The van der Waals surface area contributed by atoms with Crippen LogP contribution in [0.2, 0.25) is 5.15 Å². The fourth-order valence-electron chi connectivity index (χ4n) is 0.895. The maximum absolute atomic E-state index is 11.4. The Morgan fingerprint density at radius 3 is 2.87 bits per heavy atom. The number of carbonyl (C=O) groups is 1. The molecule has 0 amide bonds. The van der Waals surface area contributed by atoms with Crippen molar-refractivity contribution in [2.75, 3.05) is 0 Å². The van der Waals surface area contributed by atoms with Gasteiger partial charge < -0.3 is 9.15 Å². The second-order valence-corrected chi connectivity index (χ2v) is 2.97. The third kappa shape index (κ3) is 2.32. The van der Waals surface area contributed by atoms with Crippen LogP contribution < -0.4 is 4.74 Å². The van der Waals surface area contributed by atoms with Crippen molar-refractivity contribution >= 4 is 17.6 Å². The van der Waals surface area contributed by atoms with E-state index in [1.807, 2.05) is 0 Å². The molecule has 0 radical (unpaired) electrons. The van der Waals surface area contributed by atoms with Crippen LogP contribution in [-0.4, -0.2) is 15.9 Å². The summed E-state index contributed by atoms with van der Waals surface area (Å²) in [6.45, 7) is 0. The highest BCUT2D eigenvalue weighted by Gasteiger charge is 2.11. The molecule has 0 fully saturated rings. The number of halogens is 1. The predicted molar refractivity (Wildman–Crippen MR) is 50.7 cm³/mol. The van der Waals surface area contributed by atoms with Crippen molar-refractivity contribution in [3.63, 3.8) is 0 Å². The largest absolute Gasteiger partial charge is 0.451 e. The van der Waals surface area contributed by atoms with Gasteiger partial charge in [0.05, 0.1) is 6.20 Å². The molecule has 0 saturated carbocycles. The van der Waals surface area contributed by atoms with Crippen molar-refractivity contribution < 1.29 is 13.9 Å². The minimum Gasteiger partial charge on any atom is -0.451 e. The maximum Gasteiger partial charge on any atom is 0.365 e. The molecule has 0 aliphatic carbocycles. The van der Waals surface area contributed by atoms with E-state index in [2.05, 4.69) is 14.4 Å². The minimum atomic E-state index is -0.604. The summed E-state index contributed by atoms with van der Waals surface area (Å²) in [5, 5.41) is 0.330. The van der Waals surface area contributed by atoms with Crippen LogP contribution in [0, 0.1) is 0 Å². The van der Waals surface area contributed by atoms with Gasteiger partial charge in [0.2, 0.25) is 0 Å². The second-order valence-electron chi connectivity index (χ2n) is 2.58. The second kappa shape index (κ2) is 4.10. The number of hydrogen-bond acceptors (Lipinski definition) is 5. The van der Waals surface area contributed by atoms with Gasteiger partial charge in [-0.05, 0) is 12.1 Å². The first kappa shape index (κ1) is 9.67. The molecule has 0 aliphatic heterocycles. The van der Waals surface area contributed by atoms with Crippen molar-refractivity contribution in [2.24, 2.45) is 0 Å². The summed E-state index contributed by atoms with van der Waals surface area (Å²) in [7, 11) is 0. The fraction of sp³-hybridized carbons (Fsp3) is 0. The summed E-state index contributed by atoms with van der Waals surface area (Å²) in [6.07, 6.45) is 3.70. The zero-order valence-corrected chi connectivity index (χ0v) is 8.14. The summed E-state index contributed by atoms with van der Waals surface area (Å²) in [5.41, 5.74) is 0.102. The Hall–Kier alpha value is -1.88. The molecule has 5 nitrogen and oxygen atoms in total. The lowest BCUT2D eigenvalue weighted by Gasteiger charge is -2.00. The molecule has 2 aromatic heterocycles. The molecule has 0 saturated heterocycles. The minimum absolute atomic E-state index is 0.102. The third-order valence-electron chi connectivity index (χ3n) is 1.55. The molecule has 0 unspecified atom stereocenters. The smallest absolute Gasteiger partial charge is 0.365 e. The molecular weight excluding hydrogens is 220 g/mol. The summed E-state index contributed by atoms with van der Waals surface area (Å²) in [6, 6.07) is 3.06. The van der Waals surface area contributed by atoms with Crippen LogP contribution in [0.1, 0.15) is 10.5 Å². The Labute approximate surface area is 89.7 Å². The average Bonchev–Trinajstić information content (AvgIpc) is 2.74. The highest BCUT2D eigenvalue weighted by molar-refractivity contribution is 6.29.